The second-order valence-corrected chi connectivity index (χ2v) is 5.38. The van der Waals surface area contributed by atoms with Crippen molar-refractivity contribution in [2.75, 3.05) is 26.2 Å². The van der Waals surface area contributed by atoms with Crippen LogP contribution in [0.15, 0.2) is 18.2 Å². The van der Waals surface area contributed by atoms with E-state index in [4.69, 9.17) is 5.11 Å². The molecule has 1 saturated heterocycles. The molecule has 0 spiro atoms. The van der Waals surface area contributed by atoms with Crippen LogP contribution in [0, 0.1) is 0 Å². The number of carbonyl (C=O) groups excluding carboxylic acids is 2. The molecule has 2 amide bonds. The Morgan fingerprint density at radius 3 is 2.38 bits per heavy atom. The Balaban J connectivity index is 1.77. The lowest BCUT2D eigenvalue weighted by molar-refractivity contribution is 0.0639. The fourth-order valence-corrected chi connectivity index (χ4v) is 2.87. The summed E-state index contributed by atoms with van der Waals surface area (Å²) in [7, 11) is 0. The van der Waals surface area contributed by atoms with Gasteiger partial charge >= 0.3 is 5.97 Å². The molecule has 110 valence electrons. The minimum atomic E-state index is -1.10. The third-order valence-electron chi connectivity index (χ3n) is 4.06. The van der Waals surface area contributed by atoms with Gasteiger partial charge in [-0.25, -0.2) is 4.79 Å². The van der Waals surface area contributed by atoms with Gasteiger partial charge in [-0.05, 0) is 44.1 Å². The van der Waals surface area contributed by atoms with Gasteiger partial charge in [0, 0.05) is 13.1 Å². The number of benzene rings is 1. The lowest BCUT2D eigenvalue weighted by Gasteiger charge is -2.19. The zero-order valence-corrected chi connectivity index (χ0v) is 11.5. The van der Waals surface area contributed by atoms with Gasteiger partial charge in [-0.3, -0.25) is 14.5 Å². The highest BCUT2D eigenvalue weighted by atomic mass is 16.4. The van der Waals surface area contributed by atoms with Gasteiger partial charge in [0.05, 0.1) is 16.7 Å². The molecule has 0 atom stereocenters. The summed E-state index contributed by atoms with van der Waals surface area (Å²) in [6.07, 6.45) is 2.31. The van der Waals surface area contributed by atoms with E-state index in [1.807, 2.05) is 0 Å². The lowest BCUT2D eigenvalue weighted by atomic mass is 10.1. The molecule has 2 heterocycles. The number of likely N-dealkylation sites (tertiary alicyclic amines) is 1. The molecule has 0 saturated carbocycles. The van der Waals surface area contributed by atoms with E-state index in [0.717, 1.165) is 25.9 Å². The molecule has 3 rings (SSSR count). The van der Waals surface area contributed by atoms with Crippen molar-refractivity contribution in [2.24, 2.45) is 0 Å². The second-order valence-electron chi connectivity index (χ2n) is 5.38. The van der Waals surface area contributed by atoms with E-state index in [1.54, 1.807) is 0 Å². The number of hydrogen-bond donors (Lipinski definition) is 1. The molecule has 6 nitrogen and oxygen atoms in total. The topological polar surface area (TPSA) is 77.9 Å². The number of nitrogens with zero attached hydrogens (tertiary/aromatic N) is 2. The van der Waals surface area contributed by atoms with Crippen molar-refractivity contribution in [3.05, 3.63) is 34.9 Å². The largest absolute Gasteiger partial charge is 0.478 e. The standard InChI is InChI=1S/C15H16N2O4/c18-13-11-4-3-10(15(20)21)9-12(11)14(19)17(13)8-7-16-5-1-2-6-16/h3-4,9H,1-2,5-8H2,(H,20,21). The van der Waals surface area contributed by atoms with Crippen LogP contribution in [0.2, 0.25) is 0 Å². The first kappa shape index (κ1) is 13.8. The molecule has 2 aliphatic rings. The zero-order valence-electron chi connectivity index (χ0n) is 11.5. The first-order valence-corrected chi connectivity index (χ1v) is 7.04. The molecule has 0 radical (unpaired) electrons. The van der Waals surface area contributed by atoms with Crippen LogP contribution in [0.5, 0.6) is 0 Å². The fourth-order valence-electron chi connectivity index (χ4n) is 2.87. The summed E-state index contributed by atoms with van der Waals surface area (Å²) in [5.74, 6) is -1.82. The highest BCUT2D eigenvalue weighted by molar-refractivity contribution is 6.21. The monoisotopic (exact) mass is 288 g/mol. The van der Waals surface area contributed by atoms with Crippen LogP contribution >= 0.6 is 0 Å². The molecular weight excluding hydrogens is 272 g/mol. The summed E-state index contributed by atoms with van der Waals surface area (Å²) in [5.41, 5.74) is 0.518. The Kier molecular flexibility index (Phi) is 3.47. The van der Waals surface area contributed by atoms with E-state index in [9.17, 15) is 14.4 Å². The van der Waals surface area contributed by atoms with Crippen molar-refractivity contribution in [1.29, 1.82) is 0 Å². The molecule has 0 bridgehead atoms. The van der Waals surface area contributed by atoms with Crippen LogP contribution in [0.3, 0.4) is 0 Å². The molecule has 1 N–H and O–H groups in total. The van der Waals surface area contributed by atoms with Crippen LogP contribution in [0.4, 0.5) is 0 Å². The number of amides is 2. The lowest BCUT2D eigenvalue weighted by Crippen LogP contribution is -2.37. The first-order chi connectivity index (χ1) is 10.1. The Bertz CT molecular complexity index is 620. The zero-order chi connectivity index (χ0) is 15.0. The van der Waals surface area contributed by atoms with E-state index in [1.165, 1.54) is 23.1 Å². The molecule has 0 unspecified atom stereocenters. The molecule has 1 aromatic rings. The highest BCUT2D eigenvalue weighted by Crippen LogP contribution is 2.24. The Morgan fingerprint density at radius 1 is 1.05 bits per heavy atom. The molecule has 21 heavy (non-hydrogen) atoms. The maximum absolute atomic E-state index is 12.3. The van der Waals surface area contributed by atoms with Gasteiger partial charge in [-0.2, -0.15) is 0 Å². The molecule has 0 aromatic heterocycles. The van der Waals surface area contributed by atoms with Crippen molar-refractivity contribution < 1.29 is 19.5 Å². The molecule has 2 aliphatic heterocycles. The predicted octanol–water partition coefficient (Wildman–Crippen LogP) is 1.08. The Hall–Kier alpha value is -2.21. The summed E-state index contributed by atoms with van der Waals surface area (Å²) in [6, 6.07) is 4.07. The van der Waals surface area contributed by atoms with E-state index in [-0.39, 0.29) is 17.0 Å². The third-order valence-corrected chi connectivity index (χ3v) is 4.06. The van der Waals surface area contributed by atoms with E-state index < -0.39 is 11.9 Å². The van der Waals surface area contributed by atoms with Crippen LogP contribution in [0.1, 0.15) is 43.9 Å². The number of carboxylic acids is 1. The average Bonchev–Trinajstić information content (AvgIpc) is 3.06. The summed E-state index contributed by atoms with van der Waals surface area (Å²) in [5, 5.41) is 8.96. The summed E-state index contributed by atoms with van der Waals surface area (Å²) in [4.78, 5) is 38.9. The maximum atomic E-state index is 12.3. The molecule has 1 aromatic carbocycles. The van der Waals surface area contributed by atoms with E-state index in [2.05, 4.69) is 4.90 Å². The van der Waals surface area contributed by atoms with Crippen LogP contribution in [-0.2, 0) is 0 Å². The van der Waals surface area contributed by atoms with Crippen molar-refractivity contribution in [2.45, 2.75) is 12.8 Å². The molecular formula is C15H16N2O4. The number of fused-ring (bicyclic) bond motifs is 1. The van der Waals surface area contributed by atoms with Crippen molar-refractivity contribution in [3.63, 3.8) is 0 Å². The highest BCUT2D eigenvalue weighted by Gasteiger charge is 2.36. The van der Waals surface area contributed by atoms with Gasteiger partial charge in [-0.1, -0.05) is 0 Å². The number of aromatic carboxylic acids is 1. The van der Waals surface area contributed by atoms with Gasteiger partial charge in [0.1, 0.15) is 0 Å². The predicted molar refractivity (Wildman–Crippen MR) is 74.4 cm³/mol. The fraction of sp³-hybridized carbons (Fsp3) is 0.400. The second kappa shape index (κ2) is 5.29. The van der Waals surface area contributed by atoms with Crippen molar-refractivity contribution in [1.82, 2.24) is 9.80 Å². The maximum Gasteiger partial charge on any atom is 0.335 e. The van der Waals surface area contributed by atoms with Crippen LogP contribution in [0.25, 0.3) is 0 Å². The average molecular weight is 288 g/mol. The minimum Gasteiger partial charge on any atom is -0.478 e. The van der Waals surface area contributed by atoms with Crippen molar-refractivity contribution in [3.8, 4) is 0 Å². The smallest absolute Gasteiger partial charge is 0.335 e. The number of hydrogen-bond acceptors (Lipinski definition) is 4. The van der Waals surface area contributed by atoms with Gasteiger partial charge in [0.25, 0.3) is 11.8 Å². The number of carbonyl (C=O) groups is 3. The SMILES string of the molecule is O=C(O)c1ccc2c(c1)C(=O)N(CCN1CCCC1)C2=O. The first-order valence-electron chi connectivity index (χ1n) is 7.04. The number of carboxylic acid groups (broad SMARTS) is 1. The summed E-state index contributed by atoms with van der Waals surface area (Å²) >= 11 is 0. The summed E-state index contributed by atoms with van der Waals surface area (Å²) < 4.78 is 0. The Labute approximate surface area is 122 Å². The number of imide groups is 1. The van der Waals surface area contributed by atoms with Crippen molar-refractivity contribution >= 4 is 17.8 Å². The molecule has 1 fully saturated rings. The molecule has 6 heteroatoms. The van der Waals surface area contributed by atoms with Gasteiger partial charge < -0.3 is 10.0 Å². The van der Waals surface area contributed by atoms with E-state index in [0.29, 0.717) is 18.7 Å². The minimum absolute atomic E-state index is 0.0243. The van der Waals surface area contributed by atoms with E-state index >= 15 is 0 Å². The Morgan fingerprint density at radius 2 is 1.71 bits per heavy atom. The quantitative estimate of drug-likeness (QED) is 0.839. The molecule has 0 aliphatic carbocycles. The normalized spacial score (nSPS) is 18.4. The van der Waals surface area contributed by atoms with Gasteiger partial charge in [0.15, 0.2) is 0 Å². The number of rotatable bonds is 4. The van der Waals surface area contributed by atoms with Gasteiger partial charge in [-0.15, -0.1) is 0 Å². The third kappa shape index (κ3) is 2.42. The van der Waals surface area contributed by atoms with Gasteiger partial charge in [0.2, 0.25) is 0 Å². The van der Waals surface area contributed by atoms with Crippen LogP contribution in [-0.4, -0.2) is 58.9 Å². The summed E-state index contributed by atoms with van der Waals surface area (Å²) in [6.45, 7) is 3.05. The van der Waals surface area contributed by atoms with Crippen LogP contribution < -0.4 is 0 Å².